The summed E-state index contributed by atoms with van der Waals surface area (Å²) in [4.78, 5) is 4.65. The molecular formula is C13H22N4OS. The summed E-state index contributed by atoms with van der Waals surface area (Å²) in [7, 11) is 1.69. The van der Waals surface area contributed by atoms with Gasteiger partial charge in [0, 0.05) is 19.7 Å². The zero-order valence-electron chi connectivity index (χ0n) is 11.5. The Balaban J connectivity index is 1.70. The molecule has 1 atom stereocenters. The van der Waals surface area contributed by atoms with E-state index in [1.807, 2.05) is 0 Å². The quantitative estimate of drug-likeness (QED) is 0.911. The van der Waals surface area contributed by atoms with Gasteiger partial charge in [-0.2, -0.15) is 16.9 Å². The van der Waals surface area contributed by atoms with E-state index < -0.39 is 0 Å². The van der Waals surface area contributed by atoms with Crippen LogP contribution in [0.25, 0.3) is 0 Å². The van der Waals surface area contributed by atoms with E-state index in [0.29, 0.717) is 18.7 Å². The average Bonchev–Trinajstić information content (AvgIpc) is 2.84. The van der Waals surface area contributed by atoms with Crippen molar-refractivity contribution in [2.75, 3.05) is 18.6 Å². The zero-order valence-corrected chi connectivity index (χ0v) is 12.3. The van der Waals surface area contributed by atoms with Crippen molar-refractivity contribution in [3.63, 3.8) is 0 Å². The molecule has 5 nitrogen and oxygen atoms in total. The standard InChI is InChI=1S/C13H22N4OS/c1-18-9-12-15-13-11(3-2-6-17(13)16-12)14-10-4-7-19-8-5-10/h10-11,14H,2-9H2,1H3. The van der Waals surface area contributed by atoms with Crippen LogP contribution < -0.4 is 5.32 Å². The van der Waals surface area contributed by atoms with Crippen LogP contribution in [0.3, 0.4) is 0 Å². The Bertz CT molecular complexity index is 417. The second kappa shape index (κ2) is 6.24. The lowest BCUT2D eigenvalue weighted by Gasteiger charge is -2.30. The van der Waals surface area contributed by atoms with Gasteiger partial charge in [-0.25, -0.2) is 9.67 Å². The number of methoxy groups -OCH3 is 1. The van der Waals surface area contributed by atoms with Crippen LogP contribution in [0, 0.1) is 0 Å². The van der Waals surface area contributed by atoms with Gasteiger partial charge >= 0.3 is 0 Å². The molecule has 1 fully saturated rings. The van der Waals surface area contributed by atoms with Crippen molar-refractivity contribution < 1.29 is 4.74 Å². The number of thioether (sulfide) groups is 1. The first-order valence-electron chi connectivity index (χ1n) is 7.13. The minimum atomic E-state index is 0.375. The molecule has 0 aliphatic carbocycles. The van der Waals surface area contributed by atoms with Gasteiger partial charge < -0.3 is 10.1 Å². The maximum atomic E-state index is 5.13. The third kappa shape index (κ3) is 3.12. The van der Waals surface area contributed by atoms with Gasteiger partial charge in [0.1, 0.15) is 12.4 Å². The second-order valence-corrected chi connectivity index (χ2v) is 6.52. The molecule has 1 unspecified atom stereocenters. The summed E-state index contributed by atoms with van der Waals surface area (Å²) in [5.41, 5.74) is 0. The lowest BCUT2D eigenvalue weighted by atomic mass is 10.0. The summed E-state index contributed by atoms with van der Waals surface area (Å²) >= 11 is 2.07. The molecular weight excluding hydrogens is 260 g/mol. The van der Waals surface area contributed by atoms with Crippen molar-refractivity contribution in [2.45, 2.75) is 50.9 Å². The van der Waals surface area contributed by atoms with Gasteiger partial charge in [0.15, 0.2) is 5.82 Å². The van der Waals surface area contributed by atoms with E-state index in [4.69, 9.17) is 4.74 Å². The topological polar surface area (TPSA) is 52.0 Å². The Kier molecular flexibility index (Phi) is 4.40. The Morgan fingerprint density at radius 2 is 2.21 bits per heavy atom. The molecule has 6 heteroatoms. The van der Waals surface area contributed by atoms with Gasteiger partial charge in [-0.1, -0.05) is 0 Å². The molecule has 0 aromatic carbocycles. The minimum Gasteiger partial charge on any atom is -0.377 e. The highest BCUT2D eigenvalue weighted by atomic mass is 32.2. The van der Waals surface area contributed by atoms with Crippen molar-refractivity contribution in [1.29, 1.82) is 0 Å². The van der Waals surface area contributed by atoms with Crippen molar-refractivity contribution in [3.05, 3.63) is 11.6 Å². The number of nitrogens with zero attached hydrogens (tertiary/aromatic N) is 3. The van der Waals surface area contributed by atoms with Crippen LogP contribution >= 0.6 is 11.8 Å². The third-order valence-corrected chi connectivity index (χ3v) is 4.90. The lowest BCUT2D eigenvalue weighted by molar-refractivity contribution is 0.177. The first-order chi connectivity index (χ1) is 9.36. The van der Waals surface area contributed by atoms with Crippen molar-refractivity contribution in [2.24, 2.45) is 0 Å². The number of fused-ring (bicyclic) bond motifs is 1. The fourth-order valence-electron chi connectivity index (χ4n) is 2.90. The van der Waals surface area contributed by atoms with E-state index in [1.54, 1.807) is 7.11 Å². The van der Waals surface area contributed by atoms with Crippen molar-refractivity contribution in [1.82, 2.24) is 20.1 Å². The van der Waals surface area contributed by atoms with Crippen LogP contribution in [-0.2, 0) is 17.9 Å². The Morgan fingerprint density at radius 3 is 3.00 bits per heavy atom. The molecule has 106 valence electrons. The number of ether oxygens (including phenoxy) is 1. The number of aryl methyl sites for hydroxylation is 1. The van der Waals surface area contributed by atoms with E-state index in [-0.39, 0.29) is 0 Å². The first kappa shape index (κ1) is 13.4. The normalized spacial score (nSPS) is 24.4. The molecule has 0 bridgehead atoms. The molecule has 3 rings (SSSR count). The average molecular weight is 282 g/mol. The summed E-state index contributed by atoms with van der Waals surface area (Å²) in [6.07, 6.45) is 4.91. The highest BCUT2D eigenvalue weighted by molar-refractivity contribution is 7.99. The Morgan fingerprint density at radius 1 is 1.37 bits per heavy atom. The van der Waals surface area contributed by atoms with E-state index in [2.05, 4.69) is 31.8 Å². The molecule has 19 heavy (non-hydrogen) atoms. The fraction of sp³-hybridized carbons (Fsp3) is 0.846. The summed E-state index contributed by atoms with van der Waals surface area (Å²) in [5.74, 6) is 4.49. The number of aromatic nitrogens is 3. The van der Waals surface area contributed by atoms with Gasteiger partial charge in [-0.3, -0.25) is 0 Å². The lowest BCUT2D eigenvalue weighted by Crippen LogP contribution is -2.38. The fourth-order valence-corrected chi connectivity index (χ4v) is 4.00. The second-order valence-electron chi connectivity index (χ2n) is 5.29. The molecule has 2 aliphatic heterocycles. The number of rotatable bonds is 4. The van der Waals surface area contributed by atoms with E-state index in [1.165, 1.54) is 37.2 Å². The van der Waals surface area contributed by atoms with E-state index in [9.17, 15) is 0 Å². The molecule has 0 spiro atoms. The van der Waals surface area contributed by atoms with E-state index >= 15 is 0 Å². The molecule has 1 aromatic heterocycles. The van der Waals surface area contributed by atoms with Crippen LogP contribution in [-0.4, -0.2) is 39.4 Å². The summed E-state index contributed by atoms with van der Waals surface area (Å²) in [6.45, 7) is 1.50. The zero-order chi connectivity index (χ0) is 13.1. The number of nitrogens with one attached hydrogen (secondary N) is 1. The minimum absolute atomic E-state index is 0.375. The molecule has 2 aliphatic rings. The van der Waals surface area contributed by atoms with Crippen LogP contribution in [0.15, 0.2) is 0 Å². The predicted molar refractivity (Wildman–Crippen MR) is 76.2 cm³/mol. The summed E-state index contributed by atoms with van der Waals surface area (Å²) in [6, 6.07) is 1.03. The third-order valence-electron chi connectivity index (χ3n) is 3.85. The highest BCUT2D eigenvalue weighted by Gasteiger charge is 2.26. The molecule has 1 aromatic rings. The smallest absolute Gasteiger partial charge is 0.176 e. The molecule has 0 radical (unpaired) electrons. The highest BCUT2D eigenvalue weighted by Crippen LogP contribution is 2.26. The first-order valence-corrected chi connectivity index (χ1v) is 8.28. The monoisotopic (exact) mass is 282 g/mol. The van der Waals surface area contributed by atoms with Gasteiger partial charge in [0.05, 0.1) is 6.04 Å². The molecule has 0 saturated carbocycles. The molecule has 0 amide bonds. The maximum Gasteiger partial charge on any atom is 0.176 e. The Labute approximate surface area is 118 Å². The summed E-state index contributed by atoms with van der Waals surface area (Å²) in [5, 5.41) is 8.31. The molecule has 1 saturated heterocycles. The molecule has 3 heterocycles. The van der Waals surface area contributed by atoms with Gasteiger partial charge in [0.2, 0.25) is 0 Å². The molecule has 1 N–H and O–H groups in total. The summed E-state index contributed by atoms with van der Waals surface area (Å²) < 4.78 is 7.19. The van der Waals surface area contributed by atoms with Crippen LogP contribution in [0.1, 0.15) is 43.4 Å². The Hall–Kier alpha value is -0.590. The van der Waals surface area contributed by atoms with Crippen molar-refractivity contribution >= 4 is 11.8 Å². The van der Waals surface area contributed by atoms with Crippen molar-refractivity contribution in [3.8, 4) is 0 Å². The van der Waals surface area contributed by atoms with Crippen LogP contribution in [0.4, 0.5) is 0 Å². The van der Waals surface area contributed by atoms with Gasteiger partial charge in [0.25, 0.3) is 0 Å². The SMILES string of the molecule is COCc1nc2n(n1)CCCC2NC1CCSCC1. The van der Waals surface area contributed by atoms with Crippen LogP contribution in [0.5, 0.6) is 0 Å². The largest absolute Gasteiger partial charge is 0.377 e. The van der Waals surface area contributed by atoms with E-state index in [0.717, 1.165) is 18.2 Å². The maximum absolute atomic E-state index is 5.13. The predicted octanol–water partition coefficient (Wildman–Crippen LogP) is 1.74. The van der Waals surface area contributed by atoms with Gasteiger partial charge in [-0.15, -0.1) is 0 Å². The van der Waals surface area contributed by atoms with Crippen LogP contribution in [0.2, 0.25) is 0 Å². The number of hydrogen-bond acceptors (Lipinski definition) is 5. The van der Waals surface area contributed by atoms with Gasteiger partial charge in [-0.05, 0) is 37.2 Å². The number of hydrogen-bond donors (Lipinski definition) is 1.